The third-order valence-corrected chi connectivity index (χ3v) is 2.52. The molecule has 0 heterocycles. The lowest BCUT2D eigenvalue weighted by Crippen LogP contribution is -2.30. The van der Waals surface area contributed by atoms with Crippen LogP contribution in [0.2, 0.25) is 0 Å². The molecule has 0 atom stereocenters. The van der Waals surface area contributed by atoms with Crippen LogP contribution in [-0.2, 0) is 4.79 Å². The summed E-state index contributed by atoms with van der Waals surface area (Å²) in [6, 6.07) is 6.16. The number of hydrogen-bond donors (Lipinski definition) is 1. The van der Waals surface area contributed by atoms with Gasteiger partial charge in [-0.1, -0.05) is 13.8 Å². The molecule has 0 radical (unpaired) electrons. The van der Waals surface area contributed by atoms with Crippen molar-refractivity contribution in [2.75, 3.05) is 0 Å². The van der Waals surface area contributed by atoms with Crippen molar-refractivity contribution in [2.24, 2.45) is 11.3 Å². The number of carbonyl (C=O) groups is 1. The summed E-state index contributed by atoms with van der Waals surface area (Å²) in [5, 5.41) is 9.13. The summed E-state index contributed by atoms with van der Waals surface area (Å²) < 4.78 is 5.28. The molecule has 0 aliphatic rings. The molecule has 0 aromatic heterocycles. The van der Waals surface area contributed by atoms with Crippen LogP contribution in [-0.4, -0.2) is 11.1 Å². The number of hydrogen-bond acceptors (Lipinski definition) is 3. The van der Waals surface area contributed by atoms with E-state index in [-0.39, 0.29) is 11.7 Å². The summed E-state index contributed by atoms with van der Waals surface area (Å²) in [5.41, 5.74) is -0.494. The fraction of sp³-hybridized carbons (Fsp3) is 0.500. The molecule has 0 unspecified atom stereocenters. The highest BCUT2D eigenvalue weighted by Crippen LogP contribution is 2.28. The van der Waals surface area contributed by atoms with Crippen LogP contribution in [0.4, 0.5) is 0 Å². The van der Waals surface area contributed by atoms with Crippen molar-refractivity contribution in [3.05, 3.63) is 24.3 Å². The third-order valence-electron chi connectivity index (χ3n) is 2.52. The topological polar surface area (TPSA) is 46.5 Å². The smallest absolute Gasteiger partial charge is 0.316 e. The van der Waals surface area contributed by atoms with Crippen LogP contribution in [0, 0.1) is 11.3 Å². The van der Waals surface area contributed by atoms with E-state index in [2.05, 4.69) is 13.8 Å². The summed E-state index contributed by atoms with van der Waals surface area (Å²) in [4.78, 5) is 12.0. The molecule has 0 saturated heterocycles. The Labute approximate surface area is 102 Å². The minimum absolute atomic E-state index is 0.159. The van der Waals surface area contributed by atoms with Gasteiger partial charge in [0.15, 0.2) is 0 Å². The van der Waals surface area contributed by atoms with Gasteiger partial charge in [-0.05, 0) is 50.5 Å². The lowest BCUT2D eigenvalue weighted by atomic mass is 9.84. The van der Waals surface area contributed by atoms with Crippen LogP contribution >= 0.6 is 0 Å². The van der Waals surface area contributed by atoms with Crippen molar-refractivity contribution in [3.63, 3.8) is 0 Å². The molecule has 0 aliphatic heterocycles. The fourth-order valence-corrected chi connectivity index (χ4v) is 1.86. The lowest BCUT2D eigenvalue weighted by Gasteiger charge is -2.24. The molecule has 3 nitrogen and oxygen atoms in total. The number of aromatic hydroxyl groups is 1. The average molecular weight is 236 g/mol. The highest BCUT2D eigenvalue weighted by Gasteiger charge is 2.30. The maximum atomic E-state index is 12.0. The SMILES string of the molecule is CC(C)CC(C)(C)C(=O)Oc1ccc(O)cc1. The molecule has 94 valence electrons. The second kappa shape index (κ2) is 5.21. The monoisotopic (exact) mass is 236 g/mol. The van der Waals surface area contributed by atoms with Gasteiger partial charge in [-0.2, -0.15) is 0 Å². The van der Waals surface area contributed by atoms with E-state index in [4.69, 9.17) is 9.84 Å². The van der Waals surface area contributed by atoms with Gasteiger partial charge in [-0.3, -0.25) is 4.79 Å². The van der Waals surface area contributed by atoms with E-state index in [1.807, 2.05) is 13.8 Å². The molecule has 0 amide bonds. The van der Waals surface area contributed by atoms with Crippen molar-refractivity contribution in [2.45, 2.75) is 34.1 Å². The van der Waals surface area contributed by atoms with Crippen molar-refractivity contribution in [3.8, 4) is 11.5 Å². The number of carbonyl (C=O) groups excluding carboxylic acids is 1. The largest absolute Gasteiger partial charge is 0.508 e. The van der Waals surface area contributed by atoms with Gasteiger partial charge in [0.2, 0.25) is 0 Å². The zero-order chi connectivity index (χ0) is 13.1. The normalized spacial score (nSPS) is 11.6. The summed E-state index contributed by atoms with van der Waals surface area (Å²) >= 11 is 0. The molecule has 1 aromatic carbocycles. The maximum absolute atomic E-state index is 12.0. The minimum atomic E-state index is -0.494. The molecule has 0 aliphatic carbocycles. The average Bonchev–Trinajstić information content (AvgIpc) is 2.19. The van der Waals surface area contributed by atoms with Crippen LogP contribution < -0.4 is 4.74 Å². The Balaban J connectivity index is 2.68. The molecule has 1 N–H and O–H groups in total. The van der Waals surface area contributed by atoms with E-state index in [9.17, 15) is 4.79 Å². The molecule has 1 rings (SSSR count). The maximum Gasteiger partial charge on any atom is 0.316 e. The van der Waals surface area contributed by atoms with E-state index >= 15 is 0 Å². The van der Waals surface area contributed by atoms with Gasteiger partial charge in [0, 0.05) is 0 Å². The Bertz CT molecular complexity index is 377. The molecule has 3 heteroatoms. The van der Waals surface area contributed by atoms with Gasteiger partial charge < -0.3 is 9.84 Å². The second-order valence-electron chi connectivity index (χ2n) is 5.37. The molecule has 0 fully saturated rings. The zero-order valence-electron chi connectivity index (χ0n) is 10.9. The lowest BCUT2D eigenvalue weighted by molar-refractivity contribution is -0.144. The van der Waals surface area contributed by atoms with E-state index in [0.29, 0.717) is 11.7 Å². The predicted octanol–water partition coefficient (Wildman–Crippen LogP) is 3.37. The second-order valence-corrected chi connectivity index (χ2v) is 5.37. The Morgan fingerprint density at radius 2 is 1.82 bits per heavy atom. The van der Waals surface area contributed by atoms with Crippen molar-refractivity contribution < 1.29 is 14.6 Å². The van der Waals surface area contributed by atoms with Gasteiger partial charge in [0.05, 0.1) is 5.41 Å². The Morgan fingerprint density at radius 3 is 2.29 bits per heavy atom. The van der Waals surface area contributed by atoms with Crippen LogP contribution in [0.25, 0.3) is 0 Å². The highest BCUT2D eigenvalue weighted by atomic mass is 16.5. The van der Waals surface area contributed by atoms with E-state index in [1.165, 1.54) is 12.1 Å². The number of benzene rings is 1. The predicted molar refractivity (Wildman–Crippen MR) is 67.0 cm³/mol. The van der Waals surface area contributed by atoms with Crippen LogP contribution in [0.5, 0.6) is 11.5 Å². The van der Waals surface area contributed by atoms with E-state index < -0.39 is 5.41 Å². The first-order valence-electron chi connectivity index (χ1n) is 5.82. The Kier molecular flexibility index (Phi) is 4.16. The van der Waals surface area contributed by atoms with Gasteiger partial charge in [0.25, 0.3) is 0 Å². The highest BCUT2D eigenvalue weighted by molar-refractivity contribution is 5.78. The first-order valence-corrected chi connectivity index (χ1v) is 5.82. The van der Waals surface area contributed by atoms with Crippen LogP contribution in [0.15, 0.2) is 24.3 Å². The first kappa shape index (κ1) is 13.6. The van der Waals surface area contributed by atoms with Crippen molar-refractivity contribution in [1.29, 1.82) is 0 Å². The van der Waals surface area contributed by atoms with E-state index in [0.717, 1.165) is 6.42 Å². The van der Waals surface area contributed by atoms with E-state index in [1.54, 1.807) is 12.1 Å². The van der Waals surface area contributed by atoms with Crippen molar-refractivity contribution in [1.82, 2.24) is 0 Å². The van der Waals surface area contributed by atoms with Gasteiger partial charge >= 0.3 is 5.97 Å². The van der Waals surface area contributed by atoms with Crippen molar-refractivity contribution >= 4 is 5.97 Å². The molecule has 0 spiro atoms. The third kappa shape index (κ3) is 4.10. The Morgan fingerprint density at radius 1 is 1.29 bits per heavy atom. The van der Waals surface area contributed by atoms with Crippen LogP contribution in [0.3, 0.4) is 0 Å². The molecular weight excluding hydrogens is 216 g/mol. The number of esters is 1. The number of rotatable bonds is 4. The minimum Gasteiger partial charge on any atom is -0.508 e. The summed E-state index contributed by atoms with van der Waals surface area (Å²) in [5.74, 6) is 0.824. The quantitative estimate of drug-likeness (QED) is 0.644. The fourth-order valence-electron chi connectivity index (χ4n) is 1.86. The molecule has 0 bridgehead atoms. The molecule has 0 saturated carbocycles. The molecular formula is C14H20O3. The van der Waals surface area contributed by atoms with Gasteiger partial charge in [0.1, 0.15) is 11.5 Å². The summed E-state index contributed by atoms with van der Waals surface area (Å²) in [7, 11) is 0. The number of phenolic OH excluding ortho intramolecular Hbond substituents is 1. The van der Waals surface area contributed by atoms with Crippen LogP contribution in [0.1, 0.15) is 34.1 Å². The van der Waals surface area contributed by atoms with Gasteiger partial charge in [-0.15, -0.1) is 0 Å². The standard InChI is InChI=1S/C14H20O3/c1-10(2)9-14(3,4)13(16)17-12-7-5-11(15)6-8-12/h5-8,10,15H,9H2,1-4H3. The molecule has 17 heavy (non-hydrogen) atoms. The summed E-state index contributed by atoms with van der Waals surface area (Å²) in [6.45, 7) is 7.93. The summed E-state index contributed by atoms with van der Waals surface area (Å²) in [6.07, 6.45) is 0.782. The molecule has 1 aromatic rings. The number of ether oxygens (including phenoxy) is 1. The van der Waals surface area contributed by atoms with Gasteiger partial charge in [-0.25, -0.2) is 0 Å². The first-order chi connectivity index (χ1) is 7.81. The number of phenols is 1. The Hall–Kier alpha value is -1.51. The zero-order valence-corrected chi connectivity index (χ0v) is 10.9.